The summed E-state index contributed by atoms with van der Waals surface area (Å²) in [4.78, 5) is 9.62. The van der Waals surface area contributed by atoms with E-state index in [4.69, 9.17) is 11.6 Å². The molecule has 1 atom stereocenters. The Bertz CT molecular complexity index is 618. The first kappa shape index (κ1) is 17.8. The molecule has 1 rings (SSSR count). The average molecular weight is 337 g/mol. The van der Waals surface area contributed by atoms with Gasteiger partial charge in [0.1, 0.15) is 0 Å². The monoisotopic (exact) mass is 336 g/mol. The van der Waals surface area contributed by atoms with Crippen LogP contribution in [-0.2, 0) is 10.0 Å². The first-order chi connectivity index (χ1) is 9.63. The van der Waals surface area contributed by atoms with E-state index in [0.717, 1.165) is 12.1 Å². The molecule has 0 saturated heterocycles. The number of halogens is 1. The van der Waals surface area contributed by atoms with Gasteiger partial charge in [0.05, 0.1) is 11.0 Å². The molecule has 2 N–H and O–H groups in total. The zero-order valence-corrected chi connectivity index (χ0v) is 13.2. The maximum Gasteiger partial charge on any atom is 0.290 e. The quantitative estimate of drug-likeness (QED) is 0.584. The standard InChI is InChI=1S/C12H17ClN2O5S/c1-8(2)5-10(16)7-14-21(19,20)12-4-3-9(13)6-11(12)15(17)18/h3-4,6,8,10,14,16H,5,7H2,1-2H3. The number of nitro benzene ring substituents is 1. The molecular formula is C12H17ClN2O5S. The van der Waals surface area contributed by atoms with Gasteiger partial charge >= 0.3 is 0 Å². The lowest BCUT2D eigenvalue weighted by molar-refractivity contribution is -0.387. The van der Waals surface area contributed by atoms with E-state index < -0.39 is 31.6 Å². The minimum absolute atomic E-state index is 0.0699. The van der Waals surface area contributed by atoms with Gasteiger partial charge in [-0.25, -0.2) is 13.1 Å². The van der Waals surface area contributed by atoms with Gasteiger partial charge in [-0.05, 0) is 24.5 Å². The van der Waals surface area contributed by atoms with Crippen LogP contribution in [0.15, 0.2) is 23.1 Å². The summed E-state index contributed by atoms with van der Waals surface area (Å²) in [6.07, 6.45) is -0.434. The molecule has 0 amide bonds. The third-order valence-electron chi connectivity index (χ3n) is 2.66. The van der Waals surface area contributed by atoms with E-state index in [9.17, 15) is 23.6 Å². The van der Waals surface area contributed by atoms with Crippen LogP contribution in [-0.4, -0.2) is 31.1 Å². The Morgan fingerprint density at radius 2 is 2.05 bits per heavy atom. The van der Waals surface area contributed by atoms with Gasteiger partial charge in [-0.15, -0.1) is 0 Å². The van der Waals surface area contributed by atoms with Crippen molar-refractivity contribution in [1.82, 2.24) is 4.72 Å². The number of hydrogen-bond donors (Lipinski definition) is 2. The number of hydrogen-bond acceptors (Lipinski definition) is 5. The summed E-state index contributed by atoms with van der Waals surface area (Å²) in [5, 5.41) is 20.6. The number of nitrogens with zero attached hydrogens (tertiary/aromatic N) is 1. The third-order valence-corrected chi connectivity index (χ3v) is 4.37. The van der Waals surface area contributed by atoms with Crippen LogP contribution in [0.5, 0.6) is 0 Å². The zero-order chi connectivity index (χ0) is 16.2. The summed E-state index contributed by atoms with van der Waals surface area (Å²) in [6.45, 7) is 3.57. The molecule has 0 fully saturated rings. The molecular weight excluding hydrogens is 320 g/mol. The van der Waals surface area contributed by atoms with Crippen molar-refractivity contribution in [3.8, 4) is 0 Å². The molecule has 0 aliphatic heterocycles. The largest absolute Gasteiger partial charge is 0.392 e. The first-order valence-electron chi connectivity index (χ1n) is 6.25. The summed E-state index contributed by atoms with van der Waals surface area (Å²) in [5.41, 5.74) is -0.603. The molecule has 0 heterocycles. The van der Waals surface area contributed by atoms with Crippen LogP contribution in [0.1, 0.15) is 20.3 Å². The van der Waals surface area contributed by atoms with Crippen molar-refractivity contribution >= 4 is 27.3 Å². The van der Waals surface area contributed by atoms with Crippen LogP contribution < -0.4 is 4.72 Å². The molecule has 9 heteroatoms. The lowest BCUT2D eigenvalue weighted by Crippen LogP contribution is -2.33. The number of aliphatic hydroxyl groups is 1. The summed E-state index contributed by atoms with van der Waals surface area (Å²) in [7, 11) is -4.09. The van der Waals surface area contributed by atoms with Crippen molar-refractivity contribution in [1.29, 1.82) is 0 Å². The van der Waals surface area contributed by atoms with E-state index >= 15 is 0 Å². The molecule has 0 spiro atoms. The Hall–Kier alpha value is -1.22. The second kappa shape index (κ2) is 7.17. The fraction of sp³-hybridized carbons (Fsp3) is 0.500. The summed E-state index contributed by atoms with van der Waals surface area (Å²) < 4.78 is 26.3. The minimum Gasteiger partial charge on any atom is -0.392 e. The number of rotatable bonds is 7. The second-order valence-corrected chi connectivity index (χ2v) is 7.18. The van der Waals surface area contributed by atoms with Crippen molar-refractivity contribution in [2.75, 3.05) is 6.54 Å². The van der Waals surface area contributed by atoms with Crippen LogP contribution >= 0.6 is 11.6 Å². The van der Waals surface area contributed by atoms with Crippen molar-refractivity contribution in [3.05, 3.63) is 33.3 Å². The Balaban J connectivity index is 2.96. The molecule has 0 bridgehead atoms. The average Bonchev–Trinajstić information content (AvgIpc) is 2.35. The van der Waals surface area contributed by atoms with Crippen LogP contribution in [0.4, 0.5) is 5.69 Å². The normalized spacial score (nSPS) is 13.4. The second-order valence-electron chi connectivity index (χ2n) is 5.00. The maximum atomic E-state index is 12.1. The molecule has 0 aromatic heterocycles. The van der Waals surface area contributed by atoms with Gasteiger partial charge in [0.15, 0.2) is 4.90 Å². The van der Waals surface area contributed by atoms with Gasteiger partial charge in [-0.2, -0.15) is 0 Å². The lowest BCUT2D eigenvalue weighted by atomic mass is 10.1. The molecule has 0 aliphatic carbocycles. The van der Waals surface area contributed by atoms with E-state index in [1.54, 1.807) is 0 Å². The molecule has 0 aliphatic rings. The van der Waals surface area contributed by atoms with Gasteiger partial charge in [0, 0.05) is 17.6 Å². The summed E-state index contributed by atoms with van der Waals surface area (Å²) in [6, 6.07) is 3.30. The van der Waals surface area contributed by atoms with E-state index in [1.165, 1.54) is 6.07 Å². The van der Waals surface area contributed by atoms with Gasteiger partial charge in [-0.1, -0.05) is 25.4 Å². The molecule has 7 nitrogen and oxygen atoms in total. The van der Waals surface area contributed by atoms with Crippen molar-refractivity contribution < 1.29 is 18.4 Å². The highest BCUT2D eigenvalue weighted by atomic mass is 35.5. The molecule has 0 radical (unpaired) electrons. The molecule has 0 saturated carbocycles. The Morgan fingerprint density at radius 3 is 2.57 bits per heavy atom. The minimum atomic E-state index is -4.09. The maximum absolute atomic E-state index is 12.1. The number of benzene rings is 1. The SMILES string of the molecule is CC(C)CC(O)CNS(=O)(=O)c1ccc(Cl)cc1[N+](=O)[O-]. The van der Waals surface area contributed by atoms with Gasteiger partial charge in [0.2, 0.25) is 10.0 Å². The highest BCUT2D eigenvalue weighted by molar-refractivity contribution is 7.89. The predicted octanol–water partition coefficient (Wildman–Crippen LogP) is 1.93. The smallest absolute Gasteiger partial charge is 0.290 e. The first-order valence-corrected chi connectivity index (χ1v) is 8.11. The molecule has 1 aromatic carbocycles. The Labute approximate surface area is 128 Å². The zero-order valence-electron chi connectivity index (χ0n) is 11.6. The van der Waals surface area contributed by atoms with Gasteiger partial charge < -0.3 is 5.11 Å². The lowest BCUT2D eigenvalue weighted by Gasteiger charge is -2.14. The van der Waals surface area contributed by atoms with Crippen LogP contribution in [0.3, 0.4) is 0 Å². The van der Waals surface area contributed by atoms with E-state index in [2.05, 4.69) is 4.72 Å². The highest BCUT2D eigenvalue weighted by Gasteiger charge is 2.26. The number of nitro groups is 1. The number of sulfonamides is 1. The topological polar surface area (TPSA) is 110 Å². The van der Waals surface area contributed by atoms with Crippen molar-refractivity contribution in [2.24, 2.45) is 5.92 Å². The van der Waals surface area contributed by atoms with E-state index in [1.807, 2.05) is 13.8 Å². The third kappa shape index (κ3) is 5.24. The Kier molecular flexibility index (Phi) is 6.09. The highest BCUT2D eigenvalue weighted by Crippen LogP contribution is 2.26. The Morgan fingerprint density at radius 1 is 1.43 bits per heavy atom. The number of nitrogens with one attached hydrogen (secondary N) is 1. The molecule has 21 heavy (non-hydrogen) atoms. The van der Waals surface area contributed by atoms with Crippen molar-refractivity contribution in [3.63, 3.8) is 0 Å². The van der Waals surface area contributed by atoms with E-state index in [-0.39, 0.29) is 17.5 Å². The fourth-order valence-corrected chi connectivity index (χ4v) is 3.16. The molecule has 1 aromatic rings. The van der Waals surface area contributed by atoms with Crippen molar-refractivity contribution in [2.45, 2.75) is 31.3 Å². The van der Waals surface area contributed by atoms with Crippen LogP contribution in [0, 0.1) is 16.0 Å². The predicted molar refractivity (Wildman–Crippen MR) is 78.8 cm³/mol. The summed E-state index contributed by atoms with van der Waals surface area (Å²) >= 11 is 5.64. The van der Waals surface area contributed by atoms with E-state index in [0.29, 0.717) is 6.42 Å². The van der Waals surface area contributed by atoms with Gasteiger partial charge in [-0.3, -0.25) is 10.1 Å². The number of aliphatic hydroxyl groups excluding tert-OH is 1. The summed E-state index contributed by atoms with van der Waals surface area (Å²) in [5.74, 6) is 0.203. The molecule has 1 unspecified atom stereocenters. The van der Waals surface area contributed by atoms with Crippen LogP contribution in [0.25, 0.3) is 0 Å². The molecule has 118 valence electrons. The van der Waals surface area contributed by atoms with Gasteiger partial charge in [0.25, 0.3) is 5.69 Å². The fourth-order valence-electron chi connectivity index (χ4n) is 1.77. The van der Waals surface area contributed by atoms with Crippen LogP contribution in [0.2, 0.25) is 5.02 Å².